The largest absolute Gasteiger partial charge is 0.327 e. The molecule has 1 atom stereocenters. The maximum absolute atomic E-state index is 13.6. The first-order chi connectivity index (χ1) is 10.6. The molecule has 1 unspecified atom stereocenters. The van der Waals surface area contributed by atoms with Gasteiger partial charge in [0.15, 0.2) is 0 Å². The van der Waals surface area contributed by atoms with Crippen molar-refractivity contribution in [3.63, 3.8) is 0 Å². The monoisotopic (exact) mass is 345 g/mol. The molecule has 0 heterocycles. The van der Waals surface area contributed by atoms with Crippen LogP contribution in [0.3, 0.4) is 0 Å². The van der Waals surface area contributed by atoms with Gasteiger partial charge in [0.25, 0.3) is 0 Å². The Balaban J connectivity index is 2.97. The van der Waals surface area contributed by atoms with Crippen LogP contribution in [0.5, 0.6) is 0 Å². The van der Waals surface area contributed by atoms with E-state index in [1.165, 1.54) is 24.3 Å². The van der Waals surface area contributed by atoms with Crippen LogP contribution < -0.4 is 11.1 Å². The maximum atomic E-state index is 13.6. The Morgan fingerprint density at radius 3 is 2.52 bits per heavy atom. The van der Waals surface area contributed by atoms with Crippen LogP contribution in [0.4, 0.5) is 10.1 Å². The van der Waals surface area contributed by atoms with Crippen LogP contribution in [-0.2, 0) is 14.8 Å². The Morgan fingerprint density at radius 2 is 2.00 bits per heavy atom. The number of carbonyl (C=O) groups excluding carboxylic acids is 1. The average Bonchev–Trinajstić information content (AvgIpc) is 2.45. The van der Waals surface area contributed by atoms with E-state index < -0.39 is 21.7 Å². The predicted octanol–water partition coefficient (Wildman–Crippen LogP) is 1.78. The molecular formula is C15H24FN3O3S. The van der Waals surface area contributed by atoms with Gasteiger partial charge in [0.1, 0.15) is 5.82 Å². The third-order valence-corrected chi connectivity index (χ3v) is 5.44. The van der Waals surface area contributed by atoms with Gasteiger partial charge in [0.05, 0.1) is 10.6 Å². The van der Waals surface area contributed by atoms with Crippen LogP contribution in [0.15, 0.2) is 23.1 Å². The normalized spacial score (nSPS) is 13.4. The maximum Gasteiger partial charge on any atom is 0.242 e. The molecule has 1 amide bonds. The van der Waals surface area contributed by atoms with Gasteiger partial charge in [-0.3, -0.25) is 4.79 Å². The van der Waals surface area contributed by atoms with Gasteiger partial charge < -0.3 is 11.1 Å². The molecule has 0 aliphatic carbocycles. The zero-order valence-electron chi connectivity index (χ0n) is 13.8. The van der Waals surface area contributed by atoms with Crippen LogP contribution in [0.25, 0.3) is 0 Å². The van der Waals surface area contributed by atoms with Crippen molar-refractivity contribution in [2.24, 2.45) is 11.7 Å². The van der Waals surface area contributed by atoms with Crippen molar-refractivity contribution in [2.45, 2.75) is 38.1 Å². The number of carbonyl (C=O) groups is 1. The number of hydrogen-bond donors (Lipinski definition) is 2. The van der Waals surface area contributed by atoms with E-state index in [4.69, 9.17) is 5.73 Å². The summed E-state index contributed by atoms with van der Waals surface area (Å²) in [6, 6.07) is 3.21. The minimum absolute atomic E-state index is 0.0803. The highest BCUT2D eigenvalue weighted by Crippen LogP contribution is 2.22. The van der Waals surface area contributed by atoms with Crippen molar-refractivity contribution < 1.29 is 17.6 Å². The molecule has 6 nitrogen and oxygen atoms in total. The highest BCUT2D eigenvalue weighted by Gasteiger charge is 2.23. The van der Waals surface area contributed by atoms with E-state index in [9.17, 15) is 17.6 Å². The predicted molar refractivity (Wildman–Crippen MR) is 87.9 cm³/mol. The molecular weight excluding hydrogens is 321 g/mol. The zero-order chi connectivity index (χ0) is 17.8. The molecule has 0 fully saturated rings. The van der Waals surface area contributed by atoms with E-state index in [-0.39, 0.29) is 29.1 Å². The van der Waals surface area contributed by atoms with Crippen LogP contribution in [0.2, 0.25) is 0 Å². The van der Waals surface area contributed by atoms with E-state index in [2.05, 4.69) is 5.32 Å². The molecule has 0 saturated carbocycles. The Morgan fingerprint density at radius 1 is 1.39 bits per heavy atom. The molecule has 3 N–H and O–H groups in total. The van der Waals surface area contributed by atoms with E-state index in [1.54, 1.807) is 0 Å². The lowest BCUT2D eigenvalue weighted by Gasteiger charge is -2.21. The van der Waals surface area contributed by atoms with E-state index in [1.807, 2.05) is 13.8 Å². The van der Waals surface area contributed by atoms with Gasteiger partial charge in [-0.25, -0.2) is 17.1 Å². The highest BCUT2D eigenvalue weighted by atomic mass is 32.2. The fourth-order valence-electron chi connectivity index (χ4n) is 1.91. The molecule has 1 aromatic carbocycles. The SMILES string of the molecule is CC(=O)Nc1cc(S(=O)(=O)N(C)CCC(N)C(C)C)ccc1F. The molecule has 1 rings (SSSR count). The Bertz CT molecular complexity index is 662. The standard InChI is InChI=1S/C15H24FN3O3S/c1-10(2)14(17)7-8-19(4)23(21,22)12-5-6-13(16)15(9-12)18-11(3)20/h5-6,9-10,14H,7-8,17H2,1-4H3,(H,18,20). The summed E-state index contributed by atoms with van der Waals surface area (Å²) in [4.78, 5) is 11.0. The van der Waals surface area contributed by atoms with Crippen molar-refractivity contribution in [2.75, 3.05) is 18.9 Å². The number of hydrogen-bond acceptors (Lipinski definition) is 4. The Hall–Kier alpha value is -1.51. The van der Waals surface area contributed by atoms with Crippen molar-refractivity contribution >= 4 is 21.6 Å². The molecule has 8 heteroatoms. The van der Waals surface area contributed by atoms with Crippen LogP contribution in [0.1, 0.15) is 27.2 Å². The quantitative estimate of drug-likeness (QED) is 0.788. The number of halogens is 1. The minimum Gasteiger partial charge on any atom is -0.327 e. The number of nitrogens with one attached hydrogen (secondary N) is 1. The van der Waals surface area contributed by atoms with Gasteiger partial charge in [0.2, 0.25) is 15.9 Å². The van der Waals surface area contributed by atoms with Gasteiger partial charge in [-0.1, -0.05) is 13.8 Å². The van der Waals surface area contributed by atoms with Gasteiger partial charge in [-0.15, -0.1) is 0 Å². The van der Waals surface area contributed by atoms with Crippen molar-refractivity contribution in [3.05, 3.63) is 24.0 Å². The molecule has 0 radical (unpaired) electrons. The van der Waals surface area contributed by atoms with E-state index in [0.29, 0.717) is 6.42 Å². The average molecular weight is 345 g/mol. The van der Waals surface area contributed by atoms with Crippen molar-refractivity contribution in [1.29, 1.82) is 0 Å². The first-order valence-electron chi connectivity index (χ1n) is 7.34. The number of rotatable bonds is 7. The highest BCUT2D eigenvalue weighted by molar-refractivity contribution is 7.89. The number of sulfonamides is 1. The summed E-state index contributed by atoms with van der Waals surface area (Å²) in [5, 5.41) is 2.27. The summed E-state index contributed by atoms with van der Waals surface area (Å²) in [6.45, 7) is 5.42. The molecule has 0 aromatic heterocycles. The Kier molecular flexibility index (Phi) is 6.67. The topological polar surface area (TPSA) is 92.5 Å². The van der Waals surface area contributed by atoms with Crippen molar-refractivity contribution in [1.82, 2.24) is 4.31 Å². The number of nitrogens with zero attached hydrogens (tertiary/aromatic N) is 1. The van der Waals surface area contributed by atoms with Crippen LogP contribution in [0, 0.1) is 11.7 Å². The summed E-state index contributed by atoms with van der Waals surface area (Å²) < 4.78 is 39.8. The molecule has 0 aliphatic rings. The number of anilines is 1. The first-order valence-corrected chi connectivity index (χ1v) is 8.78. The summed E-state index contributed by atoms with van der Waals surface area (Å²) >= 11 is 0. The van der Waals surface area contributed by atoms with E-state index in [0.717, 1.165) is 12.1 Å². The molecule has 0 aliphatic heterocycles. The van der Waals surface area contributed by atoms with Gasteiger partial charge >= 0.3 is 0 Å². The fourth-order valence-corrected chi connectivity index (χ4v) is 3.13. The summed E-state index contributed by atoms with van der Waals surface area (Å²) in [6.07, 6.45) is 0.521. The first kappa shape index (κ1) is 19.5. The second-order valence-electron chi connectivity index (χ2n) is 5.85. The molecule has 0 spiro atoms. The summed E-state index contributed by atoms with van der Waals surface area (Å²) in [5.74, 6) is -0.915. The van der Waals surface area contributed by atoms with E-state index >= 15 is 0 Å². The number of benzene rings is 1. The lowest BCUT2D eigenvalue weighted by atomic mass is 10.0. The lowest BCUT2D eigenvalue weighted by molar-refractivity contribution is -0.114. The fraction of sp³-hybridized carbons (Fsp3) is 0.533. The van der Waals surface area contributed by atoms with Crippen LogP contribution in [-0.4, -0.2) is 38.3 Å². The van der Waals surface area contributed by atoms with Gasteiger partial charge in [-0.05, 0) is 30.5 Å². The second kappa shape index (κ2) is 7.85. The summed E-state index contributed by atoms with van der Waals surface area (Å²) in [5.41, 5.74) is 5.77. The molecule has 23 heavy (non-hydrogen) atoms. The Labute approximate surface area is 136 Å². The molecule has 1 aromatic rings. The third kappa shape index (κ3) is 5.26. The second-order valence-corrected chi connectivity index (χ2v) is 7.89. The molecule has 0 saturated heterocycles. The lowest BCUT2D eigenvalue weighted by Crippen LogP contribution is -2.34. The zero-order valence-corrected chi connectivity index (χ0v) is 14.7. The third-order valence-electron chi connectivity index (χ3n) is 3.59. The van der Waals surface area contributed by atoms with Gasteiger partial charge in [0, 0.05) is 26.6 Å². The minimum atomic E-state index is -3.78. The number of amides is 1. The van der Waals surface area contributed by atoms with Crippen LogP contribution >= 0.6 is 0 Å². The van der Waals surface area contributed by atoms with Crippen molar-refractivity contribution in [3.8, 4) is 0 Å². The molecule has 130 valence electrons. The number of nitrogens with two attached hydrogens (primary N) is 1. The molecule has 0 bridgehead atoms. The van der Waals surface area contributed by atoms with Gasteiger partial charge in [-0.2, -0.15) is 0 Å². The summed E-state index contributed by atoms with van der Waals surface area (Å²) in [7, 11) is -2.33. The smallest absolute Gasteiger partial charge is 0.242 e.